The Morgan fingerprint density at radius 3 is 3.05 bits per heavy atom. The molecule has 1 unspecified atom stereocenters. The second-order valence-electron chi connectivity index (χ2n) is 4.73. The molecule has 3 rings (SSSR count). The number of imidazole rings is 1. The Morgan fingerprint density at radius 1 is 1.63 bits per heavy atom. The van der Waals surface area contributed by atoms with Crippen molar-refractivity contribution in [3.63, 3.8) is 0 Å². The van der Waals surface area contributed by atoms with E-state index in [0.717, 1.165) is 0 Å². The van der Waals surface area contributed by atoms with Crippen LogP contribution >= 0.6 is 0 Å². The van der Waals surface area contributed by atoms with Gasteiger partial charge in [-0.1, -0.05) is 0 Å². The topological polar surface area (TPSA) is 108 Å². The Morgan fingerprint density at radius 2 is 2.37 bits per heavy atom. The van der Waals surface area contributed by atoms with Gasteiger partial charge in [-0.05, 0) is 13.8 Å². The van der Waals surface area contributed by atoms with Crippen LogP contribution in [0.1, 0.15) is 20.1 Å². The first-order chi connectivity index (χ1) is 8.99. The molecule has 0 amide bonds. The van der Waals surface area contributed by atoms with Gasteiger partial charge < -0.3 is 20.1 Å². The van der Waals surface area contributed by atoms with Crippen molar-refractivity contribution < 1.29 is 9.84 Å². The van der Waals surface area contributed by atoms with E-state index in [4.69, 9.17) is 10.5 Å². The molecule has 0 spiro atoms. The summed E-state index contributed by atoms with van der Waals surface area (Å²) in [5, 5.41) is 9.73. The summed E-state index contributed by atoms with van der Waals surface area (Å²) in [6, 6.07) is 0. The lowest BCUT2D eigenvalue weighted by molar-refractivity contribution is -0.0932. The van der Waals surface area contributed by atoms with Gasteiger partial charge >= 0.3 is 5.69 Å². The minimum atomic E-state index is -0.657. The molecule has 2 aromatic heterocycles. The number of hydrogen-bond donors (Lipinski definition) is 2. The van der Waals surface area contributed by atoms with Crippen LogP contribution < -0.4 is 11.4 Å². The molecule has 8 nitrogen and oxygen atoms in total. The minimum Gasteiger partial charge on any atom is -0.391 e. The number of hydrogen-bond acceptors (Lipinski definition) is 6. The third-order valence-electron chi connectivity index (χ3n) is 3.35. The van der Waals surface area contributed by atoms with E-state index < -0.39 is 24.1 Å². The molecule has 2 aromatic rings. The molecule has 0 saturated carbocycles. The van der Waals surface area contributed by atoms with Gasteiger partial charge in [-0.25, -0.2) is 14.3 Å². The minimum absolute atomic E-state index is 0.109. The maximum absolute atomic E-state index is 12.0. The predicted octanol–water partition coefficient (Wildman–Crippen LogP) is -0.527. The molecule has 0 bridgehead atoms. The van der Waals surface area contributed by atoms with Crippen molar-refractivity contribution in [2.45, 2.75) is 38.8 Å². The lowest BCUT2D eigenvalue weighted by Crippen LogP contribution is -2.33. The van der Waals surface area contributed by atoms with Crippen LogP contribution in [0.3, 0.4) is 0 Å². The fraction of sp³-hybridized carbons (Fsp3) is 0.545. The lowest BCUT2D eigenvalue weighted by Gasteiger charge is -2.22. The summed E-state index contributed by atoms with van der Waals surface area (Å²) in [5.74, 6) is 0.109. The Balaban J connectivity index is 2.30. The third kappa shape index (κ3) is 1.71. The molecule has 1 aliphatic rings. The Kier molecular flexibility index (Phi) is 2.58. The van der Waals surface area contributed by atoms with Crippen LogP contribution in [0, 0.1) is 0 Å². The van der Waals surface area contributed by atoms with E-state index >= 15 is 0 Å². The van der Waals surface area contributed by atoms with E-state index in [-0.39, 0.29) is 5.82 Å². The SMILES string of the molecule is CC(O)[C@H]1Cn2cnc3c(N)nc(=O)n(c32)[C@@H](C)O1. The predicted molar refractivity (Wildman–Crippen MR) is 67.5 cm³/mol. The van der Waals surface area contributed by atoms with Gasteiger partial charge in [0.1, 0.15) is 17.8 Å². The van der Waals surface area contributed by atoms with Crippen LogP contribution in [0.25, 0.3) is 11.2 Å². The lowest BCUT2D eigenvalue weighted by atomic mass is 10.2. The van der Waals surface area contributed by atoms with E-state index in [1.807, 2.05) is 0 Å². The molecule has 0 aliphatic carbocycles. The van der Waals surface area contributed by atoms with E-state index in [1.54, 1.807) is 24.7 Å². The molecule has 19 heavy (non-hydrogen) atoms. The number of anilines is 1. The number of rotatable bonds is 1. The number of nitrogens with zero attached hydrogens (tertiary/aromatic N) is 4. The van der Waals surface area contributed by atoms with Crippen LogP contribution in [-0.2, 0) is 11.3 Å². The Bertz CT molecular complexity index is 689. The first-order valence-electron chi connectivity index (χ1n) is 6.05. The quantitative estimate of drug-likeness (QED) is 0.717. The molecule has 3 N–H and O–H groups in total. The molecular formula is C11H15N5O3. The average Bonchev–Trinajstić information content (AvgIpc) is 2.66. The first-order valence-corrected chi connectivity index (χ1v) is 6.05. The number of nitrogens with two attached hydrogens (primary N) is 1. The molecule has 0 saturated heterocycles. The van der Waals surface area contributed by atoms with Crippen LogP contribution in [0.5, 0.6) is 0 Å². The zero-order valence-corrected chi connectivity index (χ0v) is 10.6. The van der Waals surface area contributed by atoms with Crippen LogP contribution in [0.2, 0.25) is 0 Å². The molecule has 0 aromatic carbocycles. The van der Waals surface area contributed by atoms with Crippen molar-refractivity contribution in [3.05, 3.63) is 16.8 Å². The van der Waals surface area contributed by atoms with Gasteiger partial charge in [0.15, 0.2) is 11.5 Å². The van der Waals surface area contributed by atoms with Crippen LogP contribution in [0.4, 0.5) is 5.82 Å². The summed E-state index contributed by atoms with van der Waals surface area (Å²) < 4.78 is 8.87. The van der Waals surface area contributed by atoms with Gasteiger partial charge in [-0.2, -0.15) is 4.98 Å². The zero-order valence-electron chi connectivity index (χ0n) is 10.6. The average molecular weight is 265 g/mol. The van der Waals surface area contributed by atoms with Crippen LogP contribution in [-0.4, -0.2) is 36.4 Å². The number of nitrogen functional groups attached to an aromatic ring is 1. The fourth-order valence-electron chi connectivity index (χ4n) is 2.39. The van der Waals surface area contributed by atoms with Gasteiger partial charge in [-0.3, -0.25) is 0 Å². The third-order valence-corrected chi connectivity index (χ3v) is 3.35. The largest absolute Gasteiger partial charge is 0.391 e. The van der Waals surface area contributed by atoms with Gasteiger partial charge in [0.2, 0.25) is 0 Å². The monoisotopic (exact) mass is 265 g/mol. The summed E-state index contributed by atoms with van der Waals surface area (Å²) in [6.45, 7) is 3.79. The maximum Gasteiger partial charge on any atom is 0.353 e. The van der Waals surface area contributed by atoms with E-state index in [2.05, 4.69) is 9.97 Å². The van der Waals surface area contributed by atoms with Gasteiger partial charge in [0, 0.05) is 0 Å². The maximum atomic E-state index is 12.0. The molecular weight excluding hydrogens is 250 g/mol. The summed E-state index contributed by atoms with van der Waals surface area (Å²) in [7, 11) is 0. The number of aromatic nitrogens is 4. The molecule has 8 heteroatoms. The molecule has 3 atom stereocenters. The van der Waals surface area contributed by atoms with Crippen molar-refractivity contribution in [1.29, 1.82) is 0 Å². The highest BCUT2D eigenvalue weighted by Gasteiger charge is 2.28. The highest BCUT2D eigenvalue weighted by molar-refractivity contribution is 5.81. The number of ether oxygens (including phenoxy) is 1. The van der Waals surface area contributed by atoms with Crippen molar-refractivity contribution in [3.8, 4) is 0 Å². The van der Waals surface area contributed by atoms with Gasteiger partial charge in [0.05, 0.1) is 19.0 Å². The van der Waals surface area contributed by atoms with Gasteiger partial charge in [-0.15, -0.1) is 0 Å². The summed E-state index contributed by atoms with van der Waals surface area (Å²) in [6.07, 6.45) is -0.0427. The second-order valence-corrected chi connectivity index (χ2v) is 4.73. The van der Waals surface area contributed by atoms with E-state index in [9.17, 15) is 9.90 Å². The number of aliphatic hydroxyl groups is 1. The highest BCUT2D eigenvalue weighted by Crippen LogP contribution is 2.25. The summed E-state index contributed by atoms with van der Waals surface area (Å²) in [5.41, 5.74) is 6.29. The first kappa shape index (κ1) is 12.1. The van der Waals surface area contributed by atoms with Crippen molar-refractivity contribution in [2.75, 3.05) is 5.73 Å². The summed E-state index contributed by atoms with van der Waals surface area (Å²) in [4.78, 5) is 19.9. The normalized spacial score (nSPS) is 24.4. The van der Waals surface area contributed by atoms with Crippen molar-refractivity contribution in [1.82, 2.24) is 19.1 Å². The second kappa shape index (κ2) is 4.04. The standard InChI is InChI=1S/C11H15N5O3/c1-5(17)7-3-15-4-13-8-9(12)14-11(18)16(10(8)15)6(2)19-7/h4-7,17H,3H2,1-2H3,(H2,12,14,18)/t5?,6-,7-/m1/s1. The van der Waals surface area contributed by atoms with E-state index in [1.165, 1.54) is 4.57 Å². The number of aliphatic hydroxyl groups excluding tert-OH is 1. The van der Waals surface area contributed by atoms with Crippen molar-refractivity contribution >= 4 is 17.0 Å². The highest BCUT2D eigenvalue weighted by atomic mass is 16.5. The Hall–Kier alpha value is -1.93. The zero-order chi connectivity index (χ0) is 13.7. The molecule has 0 fully saturated rings. The fourth-order valence-corrected chi connectivity index (χ4v) is 2.39. The molecule has 102 valence electrons. The van der Waals surface area contributed by atoms with Crippen molar-refractivity contribution in [2.24, 2.45) is 0 Å². The molecule has 3 heterocycles. The smallest absolute Gasteiger partial charge is 0.353 e. The van der Waals surface area contributed by atoms with Gasteiger partial charge in [0.25, 0.3) is 0 Å². The molecule has 1 aliphatic heterocycles. The molecule has 0 radical (unpaired) electrons. The summed E-state index contributed by atoms with van der Waals surface area (Å²) >= 11 is 0. The Labute approximate surface area is 108 Å². The van der Waals surface area contributed by atoms with E-state index in [0.29, 0.717) is 17.7 Å². The van der Waals surface area contributed by atoms with Crippen LogP contribution in [0.15, 0.2) is 11.1 Å².